The Balaban J connectivity index is 0.00000312. The van der Waals surface area contributed by atoms with Gasteiger partial charge >= 0.3 is 0 Å². The molecule has 0 aliphatic rings. The maximum Gasteiger partial charge on any atom is 0.218 e. The lowest BCUT2D eigenvalue weighted by molar-refractivity contribution is 0.322. The van der Waals surface area contributed by atoms with Crippen molar-refractivity contribution < 1.29 is 4.74 Å². The summed E-state index contributed by atoms with van der Waals surface area (Å²) in [4.78, 5) is 8.48. The standard InChI is InChI=1S/C18H23ClN4O.HI/c1-3-24-17-15(7-5-10-21-17)13-23-18(20-2)22-11-9-14-6-4-8-16(19)12-14;/h4-8,10,12H,3,9,11,13H2,1-2H3,(H2,20,22,23);1H. The van der Waals surface area contributed by atoms with Gasteiger partial charge in [0.2, 0.25) is 5.88 Å². The first-order valence-corrected chi connectivity index (χ1v) is 8.36. The van der Waals surface area contributed by atoms with Crippen molar-refractivity contribution in [3.05, 3.63) is 58.7 Å². The smallest absolute Gasteiger partial charge is 0.218 e. The quantitative estimate of drug-likeness (QED) is 0.365. The third-order valence-corrected chi connectivity index (χ3v) is 3.63. The molecule has 5 nitrogen and oxygen atoms in total. The van der Waals surface area contributed by atoms with Gasteiger partial charge in [-0.05, 0) is 37.1 Å². The molecule has 2 rings (SSSR count). The first-order chi connectivity index (χ1) is 11.7. The third-order valence-electron chi connectivity index (χ3n) is 3.40. The summed E-state index contributed by atoms with van der Waals surface area (Å²) >= 11 is 6.00. The van der Waals surface area contributed by atoms with E-state index in [0.717, 1.165) is 29.5 Å². The summed E-state index contributed by atoms with van der Waals surface area (Å²) in [6, 6.07) is 11.8. The van der Waals surface area contributed by atoms with Crippen LogP contribution in [0.2, 0.25) is 5.02 Å². The Labute approximate surface area is 171 Å². The lowest BCUT2D eigenvalue weighted by Gasteiger charge is -2.13. The average Bonchev–Trinajstić information content (AvgIpc) is 2.59. The first-order valence-electron chi connectivity index (χ1n) is 7.98. The molecule has 0 spiro atoms. The molecule has 2 aromatic rings. The normalized spacial score (nSPS) is 10.8. The van der Waals surface area contributed by atoms with E-state index in [4.69, 9.17) is 16.3 Å². The molecule has 0 atom stereocenters. The number of hydrogen-bond acceptors (Lipinski definition) is 3. The van der Waals surface area contributed by atoms with Crippen LogP contribution in [0.4, 0.5) is 0 Å². The summed E-state index contributed by atoms with van der Waals surface area (Å²) in [6.07, 6.45) is 2.60. The predicted octanol–water partition coefficient (Wildman–Crippen LogP) is 3.66. The molecule has 0 aliphatic heterocycles. The number of ether oxygens (including phenoxy) is 1. The van der Waals surface area contributed by atoms with Crippen LogP contribution in [-0.4, -0.2) is 31.1 Å². The van der Waals surface area contributed by atoms with Crippen molar-refractivity contribution in [1.82, 2.24) is 15.6 Å². The van der Waals surface area contributed by atoms with Crippen molar-refractivity contribution in [3.63, 3.8) is 0 Å². The minimum Gasteiger partial charge on any atom is -0.478 e. The molecular formula is C18H24ClIN4O. The maximum absolute atomic E-state index is 6.00. The second kappa shape index (κ2) is 11.9. The molecular weight excluding hydrogens is 451 g/mol. The summed E-state index contributed by atoms with van der Waals surface area (Å²) in [5, 5.41) is 7.33. The SMILES string of the molecule is CCOc1ncccc1CNC(=NC)NCCc1cccc(Cl)c1.I. The van der Waals surface area contributed by atoms with Crippen LogP contribution >= 0.6 is 35.6 Å². The largest absolute Gasteiger partial charge is 0.478 e. The Kier molecular flexibility index (Phi) is 10.3. The van der Waals surface area contributed by atoms with Crippen molar-refractivity contribution in [1.29, 1.82) is 0 Å². The number of halogens is 2. The third kappa shape index (κ3) is 7.48. The van der Waals surface area contributed by atoms with Crippen molar-refractivity contribution in [2.45, 2.75) is 19.9 Å². The molecule has 25 heavy (non-hydrogen) atoms. The molecule has 0 unspecified atom stereocenters. The van der Waals surface area contributed by atoms with Crippen molar-refractivity contribution in [2.24, 2.45) is 4.99 Å². The number of hydrogen-bond donors (Lipinski definition) is 2. The van der Waals surface area contributed by atoms with E-state index in [0.29, 0.717) is 19.0 Å². The molecule has 1 aromatic heterocycles. The molecule has 136 valence electrons. The molecule has 0 saturated heterocycles. The van der Waals surface area contributed by atoms with Gasteiger partial charge < -0.3 is 15.4 Å². The minimum atomic E-state index is 0. The second-order valence-corrected chi connectivity index (χ2v) is 5.57. The van der Waals surface area contributed by atoms with Gasteiger partial charge in [-0.25, -0.2) is 4.98 Å². The van der Waals surface area contributed by atoms with Crippen LogP contribution < -0.4 is 15.4 Å². The van der Waals surface area contributed by atoms with Gasteiger partial charge in [-0.2, -0.15) is 0 Å². The zero-order chi connectivity index (χ0) is 17.2. The van der Waals surface area contributed by atoms with Crippen LogP contribution in [0, 0.1) is 0 Å². The van der Waals surface area contributed by atoms with Crippen molar-refractivity contribution in [3.8, 4) is 5.88 Å². The molecule has 0 amide bonds. The zero-order valence-corrected chi connectivity index (χ0v) is 17.5. The minimum absolute atomic E-state index is 0. The van der Waals surface area contributed by atoms with E-state index in [1.165, 1.54) is 5.56 Å². The number of pyridine rings is 1. The van der Waals surface area contributed by atoms with Crippen LogP contribution in [0.1, 0.15) is 18.1 Å². The van der Waals surface area contributed by atoms with E-state index in [9.17, 15) is 0 Å². The number of benzene rings is 1. The van der Waals surface area contributed by atoms with Crippen LogP contribution in [0.5, 0.6) is 5.88 Å². The number of aliphatic imine (C=N–C) groups is 1. The highest BCUT2D eigenvalue weighted by Crippen LogP contribution is 2.13. The topological polar surface area (TPSA) is 58.5 Å². The van der Waals surface area contributed by atoms with Crippen molar-refractivity contribution >= 4 is 41.5 Å². The van der Waals surface area contributed by atoms with E-state index in [1.54, 1.807) is 13.2 Å². The van der Waals surface area contributed by atoms with Gasteiger partial charge in [0.1, 0.15) is 0 Å². The number of aromatic nitrogens is 1. The number of guanidine groups is 1. The highest BCUT2D eigenvalue weighted by molar-refractivity contribution is 14.0. The summed E-state index contributed by atoms with van der Waals surface area (Å²) in [5.41, 5.74) is 2.19. The molecule has 2 N–H and O–H groups in total. The lowest BCUT2D eigenvalue weighted by atomic mass is 10.1. The van der Waals surface area contributed by atoms with E-state index >= 15 is 0 Å². The number of nitrogens with zero attached hydrogens (tertiary/aromatic N) is 2. The number of rotatable bonds is 7. The molecule has 1 aromatic carbocycles. The van der Waals surface area contributed by atoms with E-state index < -0.39 is 0 Å². The Morgan fingerprint density at radius 2 is 2.08 bits per heavy atom. The fraction of sp³-hybridized carbons (Fsp3) is 0.333. The monoisotopic (exact) mass is 474 g/mol. The Hall–Kier alpha value is -1.54. The van der Waals surface area contributed by atoms with Gasteiger partial charge in [-0.3, -0.25) is 4.99 Å². The van der Waals surface area contributed by atoms with E-state index in [2.05, 4.69) is 26.7 Å². The maximum atomic E-state index is 6.00. The Bertz CT molecular complexity index is 682. The summed E-state index contributed by atoms with van der Waals surface area (Å²) in [7, 11) is 1.75. The van der Waals surface area contributed by atoms with Crippen LogP contribution in [-0.2, 0) is 13.0 Å². The first kappa shape index (κ1) is 21.5. The highest BCUT2D eigenvalue weighted by atomic mass is 127. The molecule has 7 heteroatoms. The van der Waals surface area contributed by atoms with Crippen LogP contribution in [0.15, 0.2) is 47.6 Å². The van der Waals surface area contributed by atoms with Gasteiger partial charge in [0.05, 0.1) is 6.61 Å². The van der Waals surface area contributed by atoms with Gasteiger partial charge in [-0.1, -0.05) is 29.8 Å². The molecule has 0 bridgehead atoms. The average molecular weight is 475 g/mol. The summed E-state index contributed by atoms with van der Waals surface area (Å²) in [5.74, 6) is 1.39. The van der Waals surface area contributed by atoms with E-state index in [1.807, 2.05) is 37.3 Å². The second-order valence-electron chi connectivity index (χ2n) is 5.13. The molecule has 0 saturated carbocycles. The molecule has 0 fully saturated rings. The van der Waals surface area contributed by atoms with E-state index in [-0.39, 0.29) is 24.0 Å². The number of nitrogens with one attached hydrogen (secondary N) is 2. The van der Waals surface area contributed by atoms with Crippen LogP contribution in [0.25, 0.3) is 0 Å². The van der Waals surface area contributed by atoms with Gasteiger partial charge in [0.15, 0.2) is 5.96 Å². The summed E-state index contributed by atoms with van der Waals surface area (Å²) < 4.78 is 5.53. The molecule has 0 aliphatic carbocycles. The fourth-order valence-electron chi connectivity index (χ4n) is 2.24. The highest BCUT2D eigenvalue weighted by Gasteiger charge is 2.05. The summed E-state index contributed by atoms with van der Waals surface area (Å²) in [6.45, 7) is 3.91. The Morgan fingerprint density at radius 3 is 2.80 bits per heavy atom. The van der Waals surface area contributed by atoms with Gasteiger partial charge in [0, 0.05) is 36.9 Å². The van der Waals surface area contributed by atoms with Crippen LogP contribution in [0.3, 0.4) is 0 Å². The fourth-order valence-corrected chi connectivity index (χ4v) is 2.46. The van der Waals surface area contributed by atoms with Gasteiger partial charge in [0.25, 0.3) is 0 Å². The predicted molar refractivity (Wildman–Crippen MR) is 114 cm³/mol. The molecule has 0 radical (unpaired) electrons. The zero-order valence-electron chi connectivity index (χ0n) is 14.5. The molecule has 1 heterocycles. The van der Waals surface area contributed by atoms with Crippen molar-refractivity contribution in [2.75, 3.05) is 20.2 Å². The lowest BCUT2D eigenvalue weighted by Crippen LogP contribution is -2.38. The Morgan fingerprint density at radius 1 is 1.24 bits per heavy atom. The van der Waals surface area contributed by atoms with Gasteiger partial charge in [-0.15, -0.1) is 24.0 Å².